The molecule has 1 aromatic carbocycles. The zero-order valence-corrected chi connectivity index (χ0v) is 16.2. The molecule has 1 saturated carbocycles. The lowest BCUT2D eigenvalue weighted by atomic mass is 10.0. The minimum Gasteiger partial charge on any atom is -0.344 e. The molecule has 1 amide bonds. The molecule has 1 fully saturated rings. The maximum atomic E-state index is 13.0. The Balaban J connectivity index is 1.71. The number of hydrogen-bond donors (Lipinski definition) is 1. The summed E-state index contributed by atoms with van der Waals surface area (Å²) in [6.07, 6.45) is 4.74. The molecule has 0 radical (unpaired) electrons. The molecule has 0 aliphatic heterocycles. The van der Waals surface area contributed by atoms with Crippen LogP contribution < -0.4 is 5.32 Å². The highest BCUT2D eigenvalue weighted by molar-refractivity contribution is 7.90. The van der Waals surface area contributed by atoms with Crippen LogP contribution in [0, 0.1) is 5.92 Å². The van der Waals surface area contributed by atoms with Gasteiger partial charge in [0, 0.05) is 17.5 Å². The monoisotopic (exact) mass is 403 g/mol. The standard InChI is InChI=1S/C19H18ClN3O3S/c1-27(25,26)19-22-17(15-4-2-3-11-23(15)19)18(24)21-16(12-5-6-12)13-7-9-14(20)10-8-13/h2-4,7-12,16H,5-6H2,1H3,(H,21,24)/t16-/m1/s1. The molecule has 0 spiro atoms. The zero-order chi connectivity index (χ0) is 19.2. The van der Waals surface area contributed by atoms with Gasteiger partial charge in [-0.15, -0.1) is 0 Å². The largest absolute Gasteiger partial charge is 0.344 e. The number of halogens is 1. The first-order chi connectivity index (χ1) is 12.8. The van der Waals surface area contributed by atoms with Gasteiger partial charge in [0.25, 0.3) is 5.91 Å². The minimum absolute atomic E-state index is 0.107. The molecule has 1 aliphatic rings. The Morgan fingerprint density at radius 1 is 1.22 bits per heavy atom. The van der Waals surface area contributed by atoms with Crippen molar-refractivity contribution in [2.75, 3.05) is 6.26 Å². The summed E-state index contributed by atoms with van der Waals surface area (Å²) in [6.45, 7) is 0. The van der Waals surface area contributed by atoms with E-state index in [1.165, 1.54) is 4.40 Å². The number of benzene rings is 1. The van der Waals surface area contributed by atoms with Crippen molar-refractivity contribution in [3.05, 3.63) is 64.9 Å². The lowest BCUT2D eigenvalue weighted by Gasteiger charge is -2.18. The molecule has 8 heteroatoms. The number of nitrogens with zero attached hydrogens (tertiary/aromatic N) is 2. The summed E-state index contributed by atoms with van der Waals surface area (Å²) >= 11 is 5.97. The predicted molar refractivity (Wildman–Crippen MR) is 103 cm³/mol. The van der Waals surface area contributed by atoms with E-state index >= 15 is 0 Å². The van der Waals surface area contributed by atoms with E-state index in [1.807, 2.05) is 12.1 Å². The number of pyridine rings is 1. The average Bonchev–Trinajstić information content (AvgIpc) is 3.38. The van der Waals surface area contributed by atoms with E-state index in [2.05, 4.69) is 10.3 Å². The second-order valence-electron chi connectivity index (χ2n) is 6.81. The van der Waals surface area contributed by atoms with Crippen molar-refractivity contribution in [3.63, 3.8) is 0 Å². The van der Waals surface area contributed by atoms with Gasteiger partial charge in [0.2, 0.25) is 15.0 Å². The summed E-state index contributed by atoms with van der Waals surface area (Å²) in [4.78, 5) is 17.1. The molecule has 1 atom stereocenters. The van der Waals surface area contributed by atoms with Crippen LogP contribution in [0.4, 0.5) is 0 Å². The first-order valence-electron chi connectivity index (χ1n) is 8.58. The number of rotatable bonds is 5. The maximum absolute atomic E-state index is 13.0. The van der Waals surface area contributed by atoms with E-state index < -0.39 is 9.84 Å². The fraction of sp³-hybridized carbons (Fsp3) is 0.263. The molecule has 0 bridgehead atoms. The van der Waals surface area contributed by atoms with Crippen molar-refractivity contribution in [3.8, 4) is 0 Å². The van der Waals surface area contributed by atoms with Gasteiger partial charge in [0.05, 0.1) is 11.6 Å². The molecule has 6 nitrogen and oxygen atoms in total. The van der Waals surface area contributed by atoms with Crippen LogP contribution in [-0.2, 0) is 9.84 Å². The Morgan fingerprint density at radius 3 is 2.56 bits per heavy atom. The second kappa shape index (κ2) is 6.65. The van der Waals surface area contributed by atoms with E-state index in [0.29, 0.717) is 16.5 Å². The molecule has 27 heavy (non-hydrogen) atoms. The molecule has 2 aromatic heterocycles. The Bertz CT molecular complexity index is 1120. The topological polar surface area (TPSA) is 80.5 Å². The Morgan fingerprint density at radius 2 is 1.93 bits per heavy atom. The molecular formula is C19H18ClN3O3S. The third-order valence-corrected chi connectivity index (χ3v) is 5.88. The van der Waals surface area contributed by atoms with Crippen molar-refractivity contribution >= 4 is 32.9 Å². The number of aromatic nitrogens is 2. The summed E-state index contributed by atoms with van der Waals surface area (Å²) in [7, 11) is -3.57. The second-order valence-corrected chi connectivity index (χ2v) is 9.16. The molecule has 140 valence electrons. The van der Waals surface area contributed by atoms with Gasteiger partial charge in [-0.25, -0.2) is 13.4 Å². The van der Waals surface area contributed by atoms with Crippen LogP contribution in [0.2, 0.25) is 5.02 Å². The van der Waals surface area contributed by atoms with Gasteiger partial charge in [-0.05, 0) is 48.6 Å². The lowest BCUT2D eigenvalue weighted by Crippen LogP contribution is -2.30. The number of sulfone groups is 1. The van der Waals surface area contributed by atoms with Gasteiger partial charge >= 0.3 is 0 Å². The number of fused-ring (bicyclic) bond motifs is 1. The van der Waals surface area contributed by atoms with Gasteiger partial charge in [-0.3, -0.25) is 9.20 Å². The van der Waals surface area contributed by atoms with Crippen LogP contribution in [0.25, 0.3) is 5.52 Å². The fourth-order valence-electron chi connectivity index (χ4n) is 3.22. The van der Waals surface area contributed by atoms with Gasteiger partial charge in [0.15, 0.2) is 5.69 Å². The first-order valence-corrected chi connectivity index (χ1v) is 10.8. The van der Waals surface area contributed by atoms with Gasteiger partial charge in [-0.2, -0.15) is 0 Å². The van der Waals surface area contributed by atoms with E-state index in [4.69, 9.17) is 11.6 Å². The third-order valence-electron chi connectivity index (χ3n) is 4.67. The van der Waals surface area contributed by atoms with Crippen LogP contribution >= 0.6 is 11.6 Å². The summed E-state index contributed by atoms with van der Waals surface area (Å²) in [6, 6.07) is 12.4. The Labute approximate surface area is 162 Å². The normalized spacial score (nSPS) is 15.6. The molecule has 2 heterocycles. The Hall–Kier alpha value is -2.38. The number of nitrogens with one attached hydrogen (secondary N) is 1. The molecule has 3 aromatic rings. The van der Waals surface area contributed by atoms with Crippen molar-refractivity contribution in [1.82, 2.24) is 14.7 Å². The summed E-state index contributed by atoms with van der Waals surface area (Å²) in [5.41, 5.74) is 1.54. The van der Waals surface area contributed by atoms with Crippen LogP contribution in [0.15, 0.2) is 53.8 Å². The Kier molecular flexibility index (Phi) is 4.44. The quantitative estimate of drug-likeness (QED) is 0.708. The number of hydrogen-bond acceptors (Lipinski definition) is 4. The molecule has 0 saturated heterocycles. The molecular weight excluding hydrogens is 386 g/mol. The highest BCUT2D eigenvalue weighted by atomic mass is 35.5. The van der Waals surface area contributed by atoms with E-state index in [0.717, 1.165) is 24.7 Å². The van der Waals surface area contributed by atoms with Gasteiger partial charge < -0.3 is 5.32 Å². The predicted octanol–water partition coefficient (Wildman–Crippen LogP) is 3.27. The van der Waals surface area contributed by atoms with Crippen molar-refractivity contribution in [2.24, 2.45) is 5.92 Å². The summed E-state index contributed by atoms with van der Waals surface area (Å²) in [5.74, 6) is -0.0289. The smallest absolute Gasteiger partial charge is 0.272 e. The minimum atomic E-state index is -3.57. The number of amides is 1. The molecule has 0 unspecified atom stereocenters. The van der Waals surface area contributed by atoms with E-state index in [9.17, 15) is 13.2 Å². The first kappa shape index (κ1) is 18.0. The highest BCUT2D eigenvalue weighted by Crippen LogP contribution is 2.41. The van der Waals surface area contributed by atoms with E-state index in [1.54, 1.807) is 36.5 Å². The van der Waals surface area contributed by atoms with Gasteiger partial charge in [0.1, 0.15) is 0 Å². The average molecular weight is 404 g/mol. The third kappa shape index (κ3) is 3.57. The summed E-state index contributed by atoms with van der Waals surface area (Å²) in [5, 5.41) is 3.53. The van der Waals surface area contributed by atoms with Gasteiger partial charge in [-0.1, -0.05) is 29.8 Å². The highest BCUT2D eigenvalue weighted by Gasteiger charge is 2.34. The van der Waals surface area contributed by atoms with Crippen molar-refractivity contribution in [1.29, 1.82) is 0 Å². The molecule has 1 N–H and O–H groups in total. The van der Waals surface area contributed by atoms with Crippen molar-refractivity contribution in [2.45, 2.75) is 24.0 Å². The van der Waals surface area contributed by atoms with E-state index in [-0.39, 0.29) is 22.8 Å². The lowest BCUT2D eigenvalue weighted by molar-refractivity contribution is 0.0928. The van der Waals surface area contributed by atoms with Crippen LogP contribution in [0.1, 0.15) is 34.9 Å². The number of carbonyl (C=O) groups excluding carboxylic acids is 1. The molecule has 4 rings (SSSR count). The van der Waals surface area contributed by atoms with Crippen LogP contribution in [0.3, 0.4) is 0 Å². The molecule has 1 aliphatic carbocycles. The maximum Gasteiger partial charge on any atom is 0.272 e. The number of carbonyl (C=O) groups is 1. The number of imidazole rings is 1. The van der Waals surface area contributed by atoms with Crippen molar-refractivity contribution < 1.29 is 13.2 Å². The van der Waals surface area contributed by atoms with Crippen LogP contribution in [0.5, 0.6) is 0 Å². The van der Waals surface area contributed by atoms with Crippen LogP contribution in [-0.4, -0.2) is 30.0 Å². The fourth-order valence-corrected chi connectivity index (χ4v) is 4.12. The summed E-state index contributed by atoms with van der Waals surface area (Å²) < 4.78 is 25.5. The SMILES string of the molecule is CS(=O)(=O)c1nc(C(=O)N[C@@H](c2ccc(Cl)cc2)C2CC2)c2ccccn12. The zero-order valence-electron chi connectivity index (χ0n) is 14.6.